The Bertz CT molecular complexity index is 432. The van der Waals surface area contributed by atoms with Crippen LogP contribution in [0.4, 0.5) is 13.2 Å². The summed E-state index contributed by atoms with van der Waals surface area (Å²) in [5, 5.41) is 9.32. The monoisotopic (exact) mass is 250 g/mol. The van der Waals surface area contributed by atoms with E-state index in [4.69, 9.17) is 11.6 Å². The Kier molecular flexibility index (Phi) is 3.91. The van der Waals surface area contributed by atoms with Crippen molar-refractivity contribution in [3.05, 3.63) is 23.8 Å². The maximum atomic E-state index is 11.8. The molecule has 0 aromatic heterocycles. The van der Waals surface area contributed by atoms with Gasteiger partial charge in [0, 0.05) is 6.07 Å². The average Bonchev–Trinajstić information content (AvgIpc) is 2.14. The summed E-state index contributed by atoms with van der Waals surface area (Å²) >= 11 is 5.29. The first kappa shape index (κ1) is 12.5. The van der Waals surface area contributed by atoms with Crippen LogP contribution in [0.2, 0.25) is 0 Å². The largest absolute Gasteiger partial charge is 0.573 e. The van der Waals surface area contributed by atoms with Gasteiger partial charge in [0.25, 0.3) is 0 Å². The summed E-state index contributed by atoms with van der Waals surface area (Å²) in [6, 6.07) is 3.12. The van der Waals surface area contributed by atoms with E-state index in [-0.39, 0.29) is 17.2 Å². The molecule has 16 heavy (non-hydrogen) atoms. The van der Waals surface area contributed by atoms with Gasteiger partial charge in [0.15, 0.2) is 0 Å². The van der Waals surface area contributed by atoms with Crippen molar-refractivity contribution >= 4 is 11.6 Å². The zero-order valence-corrected chi connectivity index (χ0v) is 8.56. The maximum absolute atomic E-state index is 11.8. The molecule has 86 valence electrons. The van der Waals surface area contributed by atoms with Gasteiger partial charge in [-0.25, -0.2) is 0 Å². The van der Waals surface area contributed by atoms with Gasteiger partial charge in [0.2, 0.25) is 0 Å². The van der Waals surface area contributed by atoms with Crippen LogP contribution >= 0.6 is 11.6 Å². The van der Waals surface area contributed by atoms with Gasteiger partial charge < -0.3 is 9.84 Å². The van der Waals surface area contributed by atoms with Crippen LogP contribution in [0.3, 0.4) is 0 Å². The first-order valence-corrected chi connectivity index (χ1v) is 4.59. The maximum Gasteiger partial charge on any atom is 0.573 e. The van der Waals surface area contributed by atoms with E-state index in [9.17, 15) is 18.3 Å². The van der Waals surface area contributed by atoms with Crippen LogP contribution in [-0.4, -0.2) is 17.3 Å². The zero-order chi connectivity index (χ0) is 12.2. The third-order valence-electron chi connectivity index (χ3n) is 1.49. The molecule has 1 rings (SSSR count). The quantitative estimate of drug-likeness (QED) is 0.613. The molecular formula is C10H6ClF3O2. The molecule has 0 amide bonds. The number of halogens is 4. The van der Waals surface area contributed by atoms with E-state index >= 15 is 0 Å². The molecule has 0 atom stereocenters. The van der Waals surface area contributed by atoms with E-state index in [1.54, 1.807) is 0 Å². The van der Waals surface area contributed by atoms with Crippen LogP contribution in [0, 0.1) is 11.8 Å². The van der Waals surface area contributed by atoms with Crippen molar-refractivity contribution in [1.29, 1.82) is 0 Å². The van der Waals surface area contributed by atoms with Gasteiger partial charge in [-0.1, -0.05) is 11.8 Å². The number of aromatic hydroxyl groups is 1. The fourth-order valence-electron chi connectivity index (χ4n) is 0.943. The van der Waals surface area contributed by atoms with Crippen LogP contribution in [0.1, 0.15) is 5.56 Å². The third-order valence-corrected chi connectivity index (χ3v) is 1.63. The normalized spacial score (nSPS) is 10.5. The van der Waals surface area contributed by atoms with Crippen molar-refractivity contribution in [1.82, 2.24) is 0 Å². The molecule has 0 radical (unpaired) electrons. The van der Waals surface area contributed by atoms with Gasteiger partial charge in [-0.3, -0.25) is 0 Å². The van der Waals surface area contributed by atoms with Crippen LogP contribution < -0.4 is 4.74 Å². The minimum Gasteiger partial charge on any atom is -0.507 e. The molecule has 2 nitrogen and oxygen atoms in total. The summed E-state index contributed by atoms with van der Waals surface area (Å²) in [5.41, 5.74) is 0.190. The summed E-state index contributed by atoms with van der Waals surface area (Å²) in [6.07, 6.45) is -4.78. The van der Waals surface area contributed by atoms with E-state index < -0.39 is 12.1 Å². The van der Waals surface area contributed by atoms with Gasteiger partial charge >= 0.3 is 6.36 Å². The van der Waals surface area contributed by atoms with Crippen molar-refractivity contribution in [2.75, 3.05) is 5.88 Å². The molecule has 1 aromatic rings. The Morgan fingerprint density at radius 1 is 1.38 bits per heavy atom. The topological polar surface area (TPSA) is 29.5 Å². The summed E-state index contributed by atoms with van der Waals surface area (Å²) in [4.78, 5) is 0. The van der Waals surface area contributed by atoms with E-state index in [0.717, 1.165) is 12.1 Å². The summed E-state index contributed by atoms with van der Waals surface area (Å²) in [7, 11) is 0. The number of alkyl halides is 4. The highest BCUT2D eigenvalue weighted by Crippen LogP contribution is 2.27. The zero-order valence-electron chi connectivity index (χ0n) is 7.81. The van der Waals surface area contributed by atoms with Crippen LogP contribution in [0.15, 0.2) is 18.2 Å². The number of ether oxygens (including phenoxy) is 1. The van der Waals surface area contributed by atoms with Gasteiger partial charge in [-0.05, 0) is 12.1 Å². The first-order valence-electron chi connectivity index (χ1n) is 4.06. The molecule has 0 unspecified atom stereocenters. The molecular weight excluding hydrogens is 245 g/mol. The number of rotatable bonds is 1. The standard InChI is InChI=1S/C10H6ClF3O2/c11-5-1-2-7-3-4-8(6-9(7)15)16-10(12,13)14/h3-4,6,15H,5H2. The lowest BCUT2D eigenvalue weighted by atomic mass is 10.2. The van der Waals surface area contributed by atoms with Crippen LogP contribution in [0.5, 0.6) is 11.5 Å². The first-order chi connectivity index (χ1) is 7.42. The van der Waals surface area contributed by atoms with E-state index in [1.807, 2.05) is 0 Å². The lowest BCUT2D eigenvalue weighted by molar-refractivity contribution is -0.274. The Balaban J connectivity index is 2.91. The van der Waals surface area contributed by atoms with Crippen molar-refractivity contribution in [2.24, 2.45) is 0 Å². The van der Waals surface area contributed by atoms with Crippen molar-refractivity contribution in [2.45, 2.75) is 6.36 Å². The molecule has 0 fully saturated rings. The number of hydrogen-bond donors (Lipinski definition) is 1. The Labute approximate surface area is 94.6 Å². The average molecular weight is 251 g/mol. The Morgan fingerprint density at radius 3 is 2.56 bits per heavy atom. The molecule has 0 bridgehead atoms. The summed E-state index contributed by atoms with van der Waals surface area (Å²) < 4.78 is 39.1. The molecule has 0 saturated heterocycles. The van der Waals surface area contributed by atoms with E-state index in [2.05, 4.69) is 16.6 Å². The SMILES string of the molecule is Oc1cc(OC(F)(F)F)ccc1C#CCCl. The highest BCUT2D eigenvalue weighted by atomic mass is 35.5. The molecule has 6 heteroatoms. The minimum atomic E-state index is -4.78. The van der Waals surface area contributed by atoms with Crippen molar-refractivity contribution in [3.63, 3.8) is 0 Å². The molecule has 0 heterocycles. The van der Waals surface area contributed by atoms with Gasteiger partial charge in [0.05, 0.1) is 11.4 Å². The van der Waals surface area contributed by atoms with Crippen LogP contribution in [0.25, 0.3) is 0 Å². The molecule has 0 aliphatic carbocycles. The second-order valence-corrected chi connectivity index (χ2v) is 2.93. The van der Waals surface area contributed by atoms with E-state index in [1.165, 1.54) is 6.07 Å². The highest BCUT2D eigenvalue weighted by molar-refractivity contribution is 6.19. The second kappa shape index (κ2) is 4.99. The van der Waals surface area contributed by atoms with Gasteiger partial charge in [-0.2, -0.15) is 0 Å². The Hall–Kier alpha value is -1.54. The second-order valence-electron chi connectivity index (χ2n) is 2.66. The molecule has 0 saturated carbocycles. The molecule has 1 N–H and O–H groups in total. The Morgan fingerprint density at radius 2 is 2.06 bits per heavy atom. The molecule has 0 aliphatic heterocycles. The predicted octanol–water partition coefficient (Wildman–Crippen LogP) is 2.88. The fourth-order valence-corrected chi connectivity index (χ4v) is 1.01. The van der Waals surface area contributed by atoms with Gasteiger partial charge in [0.1, 0.15) is 11.5 Å². The lowest BCUT2D eigenvalue weighted by Gasteiger charge is -2.09. The van der Waals surface area contributed by atoms with E-state index in [0.29, 0.717) is 0 Å². The van der Waals surface area contributed by atoms with Crippen molar-refractivity contribution < 1.29 is 23.0 Å². The molecule has 0 spiro atoms. The minimum absolute atomic E-state index is 0.0697. The number of benzene rings is 1. The highest BCUT2D eigenvalue weighted by Gasteiger charge is 2.31. The number of phenols is 1. The van der Waals surface area contributed by atoms with Crippen molar-refractivity contribution in [3.8, 4) is 23.3 Å². The number of hydrogen-bond acceptors (Lipinski definition) is 2. The van der Waals surface area contributed by atoms with Crippen LogP contribution in [-0.2, 0) is 0 Å². The predicted molar refractivity (Wildman–Crippen MR) is 52.4 cm³/mol. The molecule has 0 aliphatic rings. The fraction of sp³-hybridized carbons (Fsp3) is 0.200. The number of phenolic OH excluding ortho intramolecular Hbond substituents is 1. The summed E-state index contributed by atoms with van der Waals surface area (Å²) in [5.74, 6) is 4.13. The molecule has 1 aromatic carbocycles. The smallest absolute Gasteiger partial charge is 0.507 e. The lowest BCUT2D eigenvalue weighted by Crippen LogP contribution is -2.17. The van der Waals surface area contributed by atoms with Gasteiger partial charge in [-0.15, -0.1) is 24.8 Å². The summed E-state index contributed by atoms with van der Waals surface area (Å²) in [6.45, 7) is 0. The third kappa shape index (κ3) is 3.91.